The molecule has 1 amide bonds. The van der Waals surface area contributed by atoms with Crippen molar-refractivity contribution in [3.05, 3.63) is 58.3 Å². The number of carbonyl (C=O) groups excluding carboxylic acids is 1. The Kier molecular flexibility index (Phi) is 4.97. The molecule has 0 fully saturated rings. The van der Waals surface area contributed by atoms with Crippen LogP contribution in [0.2, 0.25) is 0 Å². The molecule has 0 saturated carbocycles. The molecule has 0 radical (unpaired) electrons. The number of carbonyl (C=O) groups is 1. The molecule has 3 rings (SSSR count). The number of nitrogens with zero attached hydrogens (tertiary/aromatic N) is 1. The third-order valence-corrected chi connectivity index (χ3v) is 4.69. The van der Waals surface area contributed by atoms with Crippen molar-refractivity contribution >= 4 is 44.7 Å². The number of benzene rings is 2. The molecule has 0 aliphatic rings. The SMILES string of the molecule is O=C(CSc1nc2ccccc2o1)NCc1cc(F)ccc1Br. The van der Waals surface area contributed by atoms with Crippen LogP contribution < -0.4 is 5.32 Å². The summed E-state index contributed by atoms with van der Waals surface area (Å²) in [6, 6.07) is 11.8. The van der Waals surface area contributed by atoms with Crippen molar-refractivity contribution in [2.75, 3.05) is 5.75 Å². The van der Waals surface area contributed by atoms with E-state index >= 15 is 0 Å². The van der Waals surface area contributed by atoms with Crippen LogP contribution in [0.5, 0.6) is 0 Å². The average molecular weight is 395 g/mol. The third kappa shape index (κ3) is 4.11. The molecule has 118 valence electrons. The lowest BCUT2D eigenvalue weighted by atomic mass is 10.2. The molecule has 3 aromatic rings. The Morgan fingerprint density at radius 2 is 2.13 bits per heavy atom. The van der Waals surface area contributed by atoms with Crippen LogP contribution in [-0.2, 0) is 11.3 Å². The van der Waals surface area contributed by atoms with Crippen LogP contribution in [0.25, 0.3) is 11.1 Å². The Bertz CT molecular complexity index is 820. The van der Waals surface area contributed by atoms with E-state index in [-0.39, 0.29) is 24.0 Å². The van der Waals surface area contributed by atoms with Crippen LogP contribution in [-0.4, -0.2) is 16.6 Å². The summed E-state index contributed by atoms with van der Waals surface area (Å²) in [5, 5.41) is 3.20. The first kappa shape index (κ1) is 16.0. The van der Waals surface area contributed by atoms with Gasteiger partial charge < -0.3 is 9.73 Å². The number of amides is 1. The molecular weight excluding hydrogens is 383 g/mol. The van der Waals surface area contributed by atoms with Crippen molar-refractivity contribution in [2.24, 2.45) is 0 Å². The number of thioether (sulfide) groups is 1. The fourth-order valence-electron chi connectivity index (χ4n) is 1.96. The molecule has 2 aromatic carbocycles. The quantitative estimate of drug-likeness (QED) is 0.660. The molecule has 0 atom stereocenters. The van der Waals surface area contributed by atoms with E-state index in [1.54, 1.807) is 6.07 Å². The number of halogens is 2. The van der Waals surface area contributed by atoms with Crippen molar-refractivity contribution in [3.8, 4) is 0 Å². The van der Waals surface area contributed by atoms with Gasteiger partial charge in [-0.3, -0.25) is 4.79 Å². The standard InChI is InChI=1S/C16H12BrFN2O2S/c17-12-6-5-11(18)7-10(12)8-19-15(21)9-23-16-20-13-3-1-2-4-14(13)22-16/h1-7H,8-9H2,(H,19,21). The molecule has 0 aliphatic heterocycles. The predicted octanol–water partition coefficient (Wildman–Crippen LogP) is 4.14. The summed E-state index contributed by atoms with van der Waals surface area (Å²) in [4.78, 5) is 16.2. The summed E-state index contributed by atoms with van der Waals surface area (Å²) in [6.07, 6.45) is 0. The minimum absolute atomic E-state index is 0.173. The van der Waals surface area contributed by atoms with Gasteiger partial charge in [-0.15, -0.1) is 0 Å². The number of fused-ring (bicyclic) bond motifs is 1. The summed E-state index contributed by atoms with van der Waals surface area (Å²) in [5.41, 5.74) is 2.14. The molecule has 0 aliphatic carbocycles. The van der Waals surface area contributed by atoms with Crippen LogP contribution in [0.1, 0.15) is 5.56 Å². The van der Waals surface area contributed by atoms with Crippen LogP contribution in [0.15, 0.2) is 56.6 Å². The Morgan fingerprint density at radius 3 is 2.96 bits per heavy atom. The summed E-state index contributed by atoms with van der Waals surface area (Å²) < 4.78 is 19.5. The van der Waals surface area contributed by atoms with Gasteiger partial charge in [0.15, 0.2) is 5.58 Å². The number of para-hydroxylation sites is 2. The Hall–Kier alpha value is -1.86. The maximum absolute atomic E-state index is 13.2. The van der Waals surface area contributed by atoms with Crippen LogP contribution >= 0.6 is 27.7 Å². The van der Waals surface area contributed by atoms with Gasteiger partial charge in [-0.1, -0.05) is 39.8 Å². The van der Waals surface area contributed by atoms with E-state index in [1.807, 2.05) is 24.3 Å². The Morgan fingerprint density at radius 1 is 1.30 bits per heavy atom. The lowest BCUT2D eigenvalue weighted by Gasteiger charge is -2.06. The first-order chi connectivity index (χ1) is 11.1. The van der Waals surface area contributed by atoms with E-state index in [4.69, 9.17) is 4.42 Å². The van der Waals surface area contributed by atoms with Gasteiger partial charge in [0.1, 0.15) is 11.3 Å². The topological polar surface area (TPSA) is 55.1 Å². The molecule has 0 saturated heterocycles. The summed E-state index contributed by atoms with van der Waals surface area (Å²) in [7, 11) is 0. The molecule has 1 N–H and O–H groups in total. The number of rotatable bonds is 5. The predicted molar refractivity (Wildman–Crippen MR) is 90.7 cm³/mol. The second-order valence-electron chi connectivity index (χ2n) is 4.75. The summed E-state index contributed by atoms with van der Waals surface area (Å²) >= 11 is 4.55. The van der Waals surface area contributed by atoms with Gasteiger partial charge in [-0.05, 0) is 35.9 Å². The molecule has 1 heterocycles. The minimum atomic E-state index is -0.335. The van der Waals surface area contributed by atoms with E-state index in [0.29, 0.717) is 16.4 Å². The number of hydrogen-bond donors (Lipinski definition) is 1. The zero-order chi connectivity index (χ0) is 16.2. The van der Waals surface area contributed by atoms with E-state index in [9.17, 15) is 9.18 Å². The Labute approximate surface area is 144 Å². The largest absolute Gasteiger partial charge is 0.431 e. The third-order valence-electron chi connectivity index (χ3n) is 3.08. The molecule has 4 nitrogen and oxygen atoms in total. The number of hydrogen-bond acceptors (Lipinski definition) is 4. The van der Waals surface area contributed by atoms with Gasteiger partial charge in [0.05, 0.1) is 5.75 Å². The molecule has 0 bridgehead atoms. The molecule has 0 spiro atoms. The van der Waals surface area contributed by atoms with E-state index in [2.05, 4.69) is 26.2 Å². The van der Waals surface area contributed by atoms with Crippen LogP contribution in [0, 0.1) is 5.82 Å². The second-order valence-corrected chi connectivity index (χ2v) is 6.53. The van der Waals surface area contributed by atoms with Crippen molar-refractivity contribution in [2.45, 2.75) is 11.8 Å². The van der Waals surface area contributed by atoms with Crippen LogP contribution in [0.4, 0.5) is 4.39 Å². The maximum atomic E-state index is 13.2. The second kappa shape index (κ2) is 7.14. The van der Waals surface area contributed by atoms with Gasteiger partial charge in [0.25, 0.3) is 5.22 Å². The minimum Gasteiger partial charge on any atom is -0.431 e. The van der Waals surface area contributed by atoms with Gasteiger partial charge in [0.2, 0.25) is 5.91 Å². The lowest BCUT2D eigenvalue weighted by molar-refractivity contribution is -0.118. The fourth-order valence-corrected chi connectivity index (χ4v) is 3.02. The zero-order valence-electron chi connectivity index (χ0n) is 11.9. The van der Waals surface area contributed by atoms with Crippen molar-refractivity contribution < 1.29 is 13.6 Å². The monoisotopic (exact) mass is 394 g/mol. The van der Waals surface area contributed by atoms with Gasteiger partial charge in [0, 0.05) is 11.0 Å². The van der Waals surface area contributed by atoms with Crippen molar-refractivity contribution in [1.29, 1.82) is 0 Å². The number of aromatic nitrogens is 1. The zero-order valence-corrected chi connectivity index (χ0v) is 14.3. The van der Waals surface area contributed by atoms with Crippen molar-refractivity contribution in [1.82, 2.24) is 10.3 Å². The fraction of sp³-hybridized carbons (Fsp3) is 0.125. The number of oxazole rings is 1. The maximum Gasteiger partial charge on any atom is 0.257 e. The first-order valence-electron chi connectivity index (χ1n) is 6.81. The van der Waals surface area contributed by atoms with Gasteiger partial charge >= 0.3 is 0 Å². The molecule has 0 unspecified atom stereocenters. The highest BCUT2D eigenvalue weighted by Crippen LogP contribution is 2.23. The summed E-state index contributed by atoms with van der Waals surface area (Å²) in [5.74, 6) is -0.327. The molecule has 23 heavy (non-hydrogen) atoms. The normalized spacial score (nSPS) is 10.9. The Balaban J connectivity index is 1.54. The highest BCUT2D eigenvalue weighted by atomic mass is 79.9. The lowest BCUT2D eigenvalue weighted by Crippen LogP contribution is -2.24. The number of nitrogens with one attached hydrogen (secondary N) is 1. The molecule has 7 heteroatoms. The average Bonchev–Trinajstić information content (AvgIpc) is 2.96. The van der Waals surface area contributed by atoms with E-state index in [0.717, 1.165) is 9.99 Å². The van der Waals surface area contributed by atoms with Crippen molar-refractivity contribution in [3.63, 3.8) is 0 Å². The van der Waals surface area contributed by atoms with Gasteiger partial charge in [-0.25, -0.2) is 9.37 Å². The van der Waals surface area contributed by atoms with E-state index < -0.39 is 0 Å². The van der Waals surface area contributed by atoms with E-state index in [1.165, 1.54) is 23.9 Å². The first-order valence-corrected chi connectivity index (χ1v) is 8.58. The highest BCUT2D eigenvalue weighted by molar-refractivity contribution is 9.10. The molecule has 1 aromatic heterocycles. The highest BCUT2D eigenvalue weighted by Gasteiger charge is 2.10. The molecular formula is C16H12BrFN2O2S. The summed E-state index contributed by atoms with van der Waals surface area (Å²) in [6.45, 7) is 0.255. The smallest absolute Gasteiger partial charge is 0.257 e. The van der Waals surface area contributed by atoms with Gasteiger partial charge in [-0.2, -0.15) is 0 Å². The van der Waals surface area contributed by atoms with Crippen LogP contribution in [0.3, 0.4) is 0 Å².